The monoisotopic (exact) mass is 1210 g/mol. The lowest BCUT2D eigenvalue weighted by atomic mass is 9.33. The van der Waals surface area contributed by atoms with Crippen molar-refractivity contribution in [1.29, 1.82) is 0 Å². The summed E-state index contributed by atoms with van der Waals surface area (Å²) in [5.74, 6) is 0. The van der Waals surface area contributed by atoms with Crippen LogP contribution in [-0.4, -0.2) is 15.8 Å². The first kappa shape index (κ1) is 54.3. The highest BCUT2D eigenvalue weighted by molar-refractivity contribution is 7.00. The second-order valence-electron chi connectivity index (χ2n) is 25.1. The smallest absolute Gasteiger partial charge is 0.252 e. The van der Waals surface area contributed by atoms with Crippen molar-refractivity contribution >= 4 is 101 Å². The van der Waals surface area contributed by atoms with Crippen molar-refractivity contribution in [3.63, 3.8) is 0 Å². The van der Waals surface area contributed by atoms with Gasteiger partial charge in [0.05, 0.1) is 33.4 Å². The largest absolute Gasteiger partial charge is 0.311 e. The van der Waals surface area contributed by atoms with Crippen LogP contribution >= 0.6 is 0 Å². The van der Waals surface area contributed by atoms with Crippen LogP contribution in [0.1, 0.15) is 0 Å². The molecule has 0 atom stereocenters. The summed E-state index contributed by atoms with van der Waals surface area (Å²) in [7, 11) is 0. The highest BCUT2D eigenvalue weighted by Crippen LogP contribution is 2.51. The zero-order chi connectivity index (χ0) is 62.5. The summed E-state index contributed by atoms with van der Waals surface area (Å²) in [6.45, 7) is -0.172. The van der Waals surface area contributed by atoms with Gasteiger partial charge in [0.25, 0.3) is 6.71 Å². The fourth-order valence-corrected chi connectivity index (χ4v) is 15.7. The van der Waals surface area contributed by atoms with E-state index in [1.165, 1.54) is 82.3 Å². The molecule has 5 heteroatoms. The molecule has 4 heterocycles. The second kappa shape index (κ2) is 22.2. The van der Waals surface area contributed by atoms with E-state index in [-0.39, 0.29) is 6.71 Å². The average molecular weight is 1210 g/mol. The molecule has 442 valence electrons. The maximum Gasteiger partial charge on any atom is 0.252 e. The van der Waals surface area contributed by atoms with Crippen LogP contribution in [0.3, 0.4) is 0 Å². The third-order valence-corrected chi connectivity index (χ3v) is 19.8. The second-order valence-corrected chi connectivity index (χ2v) is 25.1. The van der Waals surface area contributed by atoms with Gasteiger partial charge < -0.3 is 18.9 Å². The Balaban J connectivity index is 0.895. The predicted octanol–water partition coefficient (Wildman–Crippen LogP) is 22.0. The molecular formula is C90H59BN4. The van der Waals surface area contributed by atoms with Crippen molar-refractivity contribution in [2.24, 2.45) is 0 Å². The maximum absolute atomic E-state index is 2.60. The molecule has 2 aliphatic heterocycles. The Morgan fingerprint density at radius 3 is 0.821 bits per heavy atom. The van der Waals surface area contributed by atoms with Gasteiger partial charge >= 0.3 is 0 Å². The van der Waals surface area contributed by atoms with Crippen LogP contribution in [0.2, 0.25) is 0 Å². The molecule has 0 unspecified atom stereocenters. The van der Waals surface area contributed by atoms with E-state index in [0.717, 1.165) is 90.0 Å². The number of aromatic nitrogens is 2. The zero-order valence-corrected chi connectivity index (χ0v) is 51.9. The van der Waals surface area contributed by atoms with E-state index < -0.39 is 0 Å². The fraction of sp³-hybridized carbons (Fsp3) is 0. The highest BCUT2D eigenvalue weighted by atomic mass is 15.2. The first-order valence-corrected chi connectivity index (χ1v) is 32.8. The number of benzene rings is 15. The van der Waals surface area contributed by atoms with E-state index in [2.05, 4.69) is 377 Å². The Labute approximate surface area is 552 Å². The van der Waals surface area contributed by atoms with Gasteiger partial charge in [-0.1, -0.05) is 249 Å². The van der Waals surface area contributed by atoms with Gasteiger partial charge in [0.2, 0.25) is 0 Å². The standard InChI is InChI=1S/C90H59BN4/c1-5-26-60(27-6-1)64-52-65(61-28-7-2-8-29-61)55-68(54-64)72-34-13-19-40-80(72)94-86-46-25-47-87-90(86)91(78-50-48-70(58-88(78)94)92-82-42-21-15-36-74(82)75-37-16-22-43-83(75)92)79-51-49-71(93-84-44-23-17-38-76(84)77-39-18-24-45-85(77)93)59-89(79)95(87)81-41-20-14-35-73(81)69-56-66(62-30-9-3-10-31-62)53-67(57-69)63-32-11-4-12-33-63/h1-59H. The summed E-state index contributed by atoms with van der Waals surface area (Å²) in [4.78, 5) is 5.21. The molecule has 15 aromatic carbocycles. The van der Waals surface area contributed by atoms with Gasteiger partial charge in [-0.15, -0.1) is 0 Å². The molecule has 2 aliphatic rings. The Morgan fingerprint density at radius 2 is 0.474 bits per heavy atom. The first-order chi connectivity index (χ1) is 47.1. The molecule has 0 amide bonds. The van der Waals surface area contributed by atoms with E-state index in [9.17, 15) is 0 Å². The van der Waals surface area contributed by atoms with Crippen LogP contribution in [0.15, 0.2) is 358 Å². The molecular weight excluding hydrogens is 1150 g/mol. The summed E-state index contributed by atoms with van der Waals surface area (Å²) in [6, 6.07) is 133. The quantitative estimate of drug-likeness (QED) is 0.127. The van der Waals surface area contributed by atoms with Crippen molar-refractivity contribution in [2.45, 2.75) is 0 Å². The lowest BCUT2D eigenvalue weighted by Crippen LogP contribution is -2.61. The zero-order valence-electron chi connectivity index (χ0n) is 51.9. The van der Waals surface area contributed by atoms with Crippen LogP contribution in [0.25, 0.3) is 122 Å². The Kier molecular flexibility index (Phi) is 12.7. The van der Waals surface area contributed by atoms with E-state index in [1.807, 2.05) is 0 Å². The van der Waals surface area contributed by atoms with Crippen molar-refractivity contribution in [1.82, 2.24) is 9.13 Å². The van der Waals surface area contributed by atoms with E-state index in [1.54, 1.807) is 0 Å². The van der Waals surface area contributed by atoms with Gasteiger partial charge in [-0.3, -0.25) is 0 Å². The average Bonchev–Trinajstić information content (AvgIpc) is 1.04. The molecule has 0 fully saturated rings. The molecule has 2 aromatic heterocycles. The Hall–Kier alpha value is -12.4. The van der Waals surface area contributed by atoms with Crippen LogP contribution in [0, 0.1) is 0 Å². The van der Waals surface area contributed by atoms with Crippen molar-refractivity contribution < 1.29 is 0 Å². The molecule has 0 N–H and O–H groups in total. The lowest BCUT2D eigenvalue weighted by molar-refractivity contribution is 1.17. The number of para-hydroxylation sites is 6. The summed E-state index contributed by atoms with van der Waals surface area (Å²) >= 11 is 0. The van der Waals surface area contributed by atoms with Crippen LogP contribution in [0.5, 0.6) is 0 Å². The van der Waals surface area contributed by atoms with Crippen LogP contribution in [-0.2, 0) is 0 Å². The van der Waals surface area contributed by atoms with Crippen molar-refractivity contribution in [3.05, 3.63) is 358 Å². The van der Waals surface area contributed by atoms with Crippen LogP contribution < -0.4 is 26.2 Å². The number of anilines is 6. The molecule has 19 rings (SSSR count). The lowest BCUT2D eigenvalue weighted by Gasteiger charge is -2.45. The molecule has 0 spiro atoms. The molecule has 0 bridgehead atoms. The van der Waals surface area contributed by atoms with E-state index in [0.29, 0.717) is 0 Å². The maximum atomic E-state index is 2.60. The minimum Gasteiger partial charge on any atom is -0.311 e. The minimum atomic E-state index is -0.172. The predicted molar refractivity (Wildman–Crippen MR) is 402 cm³/mol. The number of fused-ring (bicyclic) bond motifs is 10. The fourth-order valence-electron chi connectivity index (χ4n) is 15.7. The molecule has 0 saturated carbocycles. The van der Waals surface area contributed by atoms with Gasteiger partial charge in [-0.2, -0.15) is 0 Å². The topological polar surface area (TPSA) is 16.3 Å². The first-order valence-electron chi connectivity index (χ1n) is 32.8. The normalized spacial score (nSPS) is 12.4. The van der Waals surface area contributed by atoms with Gasteiger partial charge in [0.15, 0.2) is 0 Å². The highest BCUT2D eigenvalue weighted by Gasteiger charge is 2.44. The van der Waals surface area contributed by atoms with Gasteiger partial charge in [-0.25, -0.2) is 0 Å². The molecule has 0 saturated heterocycles. The van der Waals surface area contributed by atoms with Crippen molar-refractivity contribution in [2.75, 3.05) is 9.80 Å². The molecule has 0 radical (unpaired) electrons. The number of hydrogen-bond acceptors (Lipinski definition) is 2. The molecule has 17 aromatic rings. The SMILES string of the molecule is c1ccc(-c2cc(-c3ccccc3)cc(-c3ccccc3N3c4cc(-n5c6ccccc6c6ccccc65)ccc4B4c5ccc(-n6c7ccccc7c7ccccc76)cc5N(c5ccccc5-c5cc(-c6ccccc6)cc(-c6ccccc6)c5)c5cccc3c54)c2)cc1. The number of hydrogen-bond donors (Lipinski definition) is 0. The molecule has 95 heavy (non-hydrogen) atoms. The number of rotatable bonds is 10. The van der Waals surface area contributed by atoms with Gasteiger partial charge in [-0.05, 0) is 181 Å². The Morgan fingerprint density at radius 1 is 0.189 bits per heavy atom. The summed E-state index contributed by atoms with van der Waals surface area (Å²) in [5, 5.41) is 4.92. The summed E-state index contributed by atoms with van der Waals surface area (Å²) in [5.41, 5.74) is 31.2. The van der Waals surface area contributed by atoms with Crippen LogP contribution in [0.4, 0.5) is 34.1 Å². The van der Waals surface area contributed by atoms with E-state index >= 15 is 0 Å². The summed E-state index contributed by atoms with van der Waals surface area (Å²) in [6.07, 6.45) is 0. The minimum absolute atomic E-state index is 0.172. The third-order valence-electron chi connectivity index (χ3n) is 19.8. The third kappa shape index (κ3) is 8.85. The number of nitrogens with zero attached hydrogens (tertiary/aromatic N) is 4. The Bertz CT molecular complexity index is 5290. The van der Waals surface area contributed by atoms with E-state index in [4.69, 9.17) is 0 Å². The van der Waals surface area contributed by atoms with Crippen molar-refractivity contribution in [3.8, 4) is 78.1 Å². The van der Waals surface area contributed by atoms with Gasteiger partial charge in [0, 0.05) is 66.8 Å². The summed E-state index contributed by atoms with van der Waals surface area (Å²) < 4.78 is 4.94. The molecule has 0 aliphatic carbocycles. The molecule has 4 nitrogen and oxygen atoms in total. The van der Waals surface area contributed by atoms with Gasteiger partial charge in [0.1, 0.15) is 0 Å².